The summed E-state index contributed by atoms with van der Waals surface area (Å²) in [5, 5.41) is 0. The van der Waals surface area contributed by atoms with Gasteiger partial charge in [-0.05, 0) is 39.0 Å². The molecule has 0 aliphatic heterocycles. The molecule has 12 heavy (non-hydrogen) atoms. The molecule has 1 rings (SSSR count). The third-order valence-electron chi connectivity index (χ3n) is 2.75. The molecule has 0 fully saturated rings. The summed E-state index contributed by atoms with van der Waals surface area (Å²) in [6.07, 6.45) is 7.63. The lowest BCUT2D eigenvalue weighted by Crippen LogP contribution is -1.99. The monoisotopic (exact) mass is 164 g/mol. The van der Waals surface area contributed by atoms with Crippen LogP contribution in [-0.2, 0) is 0 Å². The highest BCUT2D eigenvalue weighted by molar-refractivity contribution is 5.24. The fourth-order valence-corrected chi connectivity index (χ4v) is 1.77. The second-order valence-corrected chi connectivity index (χ2v) is 3.91. The molecular weight excluding hydrogens is 144 g/mol. The van der Waals surface area contributed by atoms with Crippen LogP contribution in [-0.4, -0.2) is 0 Å². The molecule has 0 heterocycles. The third kappa shape index (κ3) is 2.51. The molecule has 0 unspecified atom stereocenters. The number of hydrogen-bond donors (Lipinski definition) is 0. The predicted molar refractivity (Wildman–Crippen MR) is 55.2 cm³/mol. The van der Waals surface area contributed by atoms with Crippen molar-refractivity contribution in [1.29, 1.82) is 0 Å². The highest BCUT2D eigenvalue weighted by Crippen LogP contribution is 2.30. The molecule has 0 nitrogen and oxygen atoms in total. The summed E-state index contributed by atoms with van der Waals surface area (Å²) >= 11 is 0. The maximum atomic E-state index is 4.07. The van der Waals surface area contributed by atoms with E-state index in [0.29, 0.717) is 0 Å². The second kappa shape index (κ2) is 4.49. The van der Waals surface area contributed by atoms with Crippen molar-refractivity contribution in [3.05, 3.63) is 23.3 Å². The zero-order chi connectivity index (χ0) is 8.97. The van der Waals surface area contributed by atoms with Crippen LogP contribution in [0.5, 0.6) is 0 Å². The fraction of sp³-hybridized carbons (Fsp3) is 0.667. The number of rotatable bonds is 3. The van der Waals surface area contributed by atoms with Gasteiger partial charge in [-0.15, -0.1) is 0 Å². The molecule has 0 aromatic heterocycles. The van der Waals surface area contributed by atoms with Crippen LogP contribution in [0.15, 0.2) is 23.3 Å². The molecule has 0 N–H and O–H groups in total. The van der Waals surface area contributed by atoms with E-state index in [1.165, 1.54) is 44.1 Å². The van der Waals surface area contributed by atoms with Crippen molar-refractivity contribution in [3.8, 4) is 0 Å². The highest BCUT2D eigenvalue weighted by Gasteiger charge is 2.10. The molecule has 0 radical (unpaired) electrons. The summed E-state index contributed by atoms with van der Waals surface area (Å²) in [7, 11) is 0. The van der Waals surface area contributed by atoms with E-state index in [1.54, 1.807) is 11.1 Å². The minimum Gasteiger partial charge on any atom is -0.0995 e. The van der Waals surface area contributed by atoms with Crippen molar-refractivity contribution in [2.24, 2.45) is 0 Å². The first-order valence-corrected chi connectivity index (χ1v) is 5.08. The normalized spacial score (nSPS) is 18.7. The molecule has 0 atom stereocenters. The van der Waals surface area contributed by atoms with Crippen LogP contribution in [0.3, 0.4) is 0 Å². The summed E-state index contributed by atoms with van der Waals surface area (Å²) in [4.78, 5) is 0. The molecule has 0 bridgehead atoms. The van der Waals surface area contributed by atoms with Crippen LogP contribution in [0.25, 0.3) is 0 Å². The van der Waals surface area contributed by atoms with Crippen molar-refractivity contribution in [2.75, 3.05) is 0 Å². The van der Waals surface area contributed by atoms with Crippen molar-refractivity contribution in [1.82, 2.24) is 0 Å². The molecule has 0 saturated heterocycles. The van der Waals surface area contributed by atoms with E-state index >= 15 is 0 Å². The standard InChI is InChI=1S/C12H20/c1-4-5-6-12-9-10(2)7-8-11(12)3/h2,4-9H2,1,3H3. The maximum absolute atomic E-state index is 4.07. The number of hydrogen-bond acceptors (Lipinski definition) is 0. The van der Waals surface area contributed by atoms with Crippen LogP contribution in [0.1, 0.15) is 52.4 Å². The maximum Gasteiger partial charge on any atom is -0.0108 e. The second-order valence-electron chi connectivity index (χ2n) is 3.91. The Morgan fingerprint density at radius 2 is 2.08 bits per heavy atom. The zero-order valence-electron chi connectivity index (χ0n) is 8.45. The predicted octanol–water partition coefficient (Wildman–Crippen LogP) is 4.23. The summed E-state index contributed by atoms with van der Waals surface area (Å²) in [6.45, 7) is 8.62. The van der Waals surface area contributed by atoms with Gasteiger partial charge in [0.1, 0.15) is 0 Å². The first-order chi connectivity index (χ1) is 5.74. The number of allylic oxidation sites excluding steroid dienone is 3. The highest BCUT2D eigenvalue weighted by atomic mass is 14.2. The molecule has 0 aromatic rings. The Balaban J connectivity index is 2.52. The van der Waals surface area contributed by atoms with E-state index in [4.69, 9.17) is 0 Å². The summed E-state index contributed by atoms with van der Waals surface area (Å²) < 4.78 is 0. The lowest BCUT2D eigenvalue weighted by atomic mass is 9.87. The van der Waals surface area contributed by atoms with E-state index in [2.05, 4.69) is 20.4 Å². The van der Waals surface area contributed by atoms with E-state index in [9.17, 15) is 0 Å². The van der Waals surface area contributed by atoms with Gasteiger partial charge in [0.25, 0.3) is 0 Å². The fourth-order valence-electron chi connectivity index (χ4n) is 1.77. The molecular formula is C12H20. The molecule has 1 aliphatic carbocycles. The molecule has 1 aliphatic rings. The molecule has 0 heteroatoms. The Bertz CT molecular complexity index is 196. The molecule has 0 aromatic carbocycles. The van der Waals surface area contributed by atoms with Crippen molar-refractivity contribution < 1.29 is 0 Å². The first kappa shape index (κ1) is 9.57. The largest absolute Gasteiger partial charge is 0.0995 e. The van der Waals surface area contributed by atoms with Gasteiger partial charge in [0, 0.05) is 0 Å². The average molecular weight is 164 g/mol. The van der Waals surface area contributed by atoms with Crippen LogP contribution in [0.2, 0.25) is 0 Å². The lowest BCUT2D eigenvalue weighted by molar-refractivity contribution is 0.717. The van der Waals surface area contributed by atoms with Gasteiger partial charge in [-0.25, -0.2) is 0 Å². The van der Waals surface area contributed by atoms with Crippen molar-refractivity contribution >= 4 is 0 Å². The van der Waals surface area contributed by atoms with Crippen LogP contribution in [0.4, 0.5) is 0 Å². The third-order valence-corrected chi connectivity index (χ3v) is 2.75. The van der Waals surface area contributed by atoms with Gasteiger partial charge < -0.3 is 0 Å². The quantitative estimate of drug-likeness (QED) is 0.547. The molecule has 68 valence electrons. The van der Waals surface area contributed by atoms with Crippen LogP contribution >= 0.6 is 0 Å². The Morgan fingerprint density at radius 3 is 2.75 bits per heavy atom. The molecule has 0 spiro atoms. The van der Waals surface area contributed by atoms with Crippen LogP contribution < -0.4 is 0 Å². The van der Waals surface area contributed by atoms with Gasteiger partial charge in [-0.2, -0.15) is 0 Å². The SMILES string of the molecule is C=C1CCC(C)=C(CCCC)C1. The van der Waals surface area contributed by atoms with Crippen molar-refractivity contribution in [3.63, 3.8) is 0 Å². The smallest absolute Gasteiger partial charge is 0.0108 e. The summed E-state index contributed by atoms with van der Waals surface area (Å²) in [5.74, 6) is 0. The van der Waals surface area contributed by atoms with E-state index in [0.717, 1.165) is 0 Å². The number of unbranched alkanes of at least 4 members (excludes halogenated alkanes) is 1. The minimum absolute atomic E-state index is 1.19. The molecule has 0 saturated carbocycles. The summed E-state index contributed by atoms with van der Waals surface area (Å²) in [5.41, 5.74) is 4.75. The van der Waals surface area contributed by atoms with Gasteiger partial charge in [-0.3, -0.25) is 0 Å². The van der Waals surface area contributed by atoms with Gasteiger partial charge in [0.2, 0.25) is 0 Å². The first-order valence-electron chi connectivity index (χ1n) is 5.08. The lowest BCUT2D eigenvalue weighted by Gasteiger charge is -2.19. The van der Waals surface area contributed by atoms with E-state index in [1.807, 2.05) is 0 Å². The molecule has 0 amide bonds. The van der Waals surface area contributed by atoms with Gasteiger partial charge in [0.15, 0.2) is 0 Å². The van der Waals surface area contributed by atoms with E-state index in [-0.39, 0.29) is 0 Å². The Kier molecular flexibility index (Phi) is 3.58. The Morgan fingerprint density at radius 1 is 1.33 bits per heavy atom. The summed E-state index contributed by atoms with van der Waals surface area (Å²) in [6, 6.07) is 0. The van der Waals surface area contributed by atoms with Gasteiger partial charge in [-0.1, -0.05) is 36.6 Å². The minimum atomic E-state index is 1.19. The topological polar surface area (TPSA) is 0 Å². The van der Waals surface area contributed by atoms with Crippen molar-refractivity contribution in [2.45, 2.75) is 52.4 Å². The average Bonchev–Trinajstić information content (AvgIpc) is 2.07. The Hall–Kier alpha value is -0.520. The Labute approximate surface area is 76.4 Å². The zero-order valence-corrected chi connectivity index (χ0v) is 8.45. The van der Waals surface area contributed by atoms with Gasteiger partial charge in [0.05, 0.1) is 0 Å². The van der Waals surface area contributed by atoms with E-state index < -0.39 is 0 Å². The van der Waals surface area contributed by atoms with Gasteiger partial charge >= 0.3 is 0 Å². The van der Waals surface area contributed by atoms with Crippen LogP contribution in [0, 0.1) is 0 Å².